The van der Waals surface area contributed by atoms with E-state index in [0.29, 0.717) is 16.6 Å². The van der Waals surface area contributed by atoms with Gasteiger partial charge in [0, 0.05) is 16.6 Å². The Hall–Kier alpha value is -2.51. The van der Waals surface area contributed by atoms with Gasteiger partial charge in [0.25, 0.3) is 5.91 Å². The summed E-state index contributed by atoms with van der Waals surface area (Å²) in [5.41, 5.74) is 2.34. The molecule has 114 valence electrons. The molecule has 0 saturated carbocycles. The molecule has 4 aromatic rings. The molecule has 0 unspecified atom stereocenters. The Morgan fingerprint density at radius 2 is 2.22 bits per heavy atom. The molecule has 4 rings (SSSR count). The van der Waals surface area contributed by atoms with Crippen molar-refractivity contribution in [3.05, 3.63) is 52.4 Å². The largest absolute Gasteiger partial charge is 0.344 e. The molecule has 3 heterocycles. The number of hydrogen-bond donors (Lipinski definition) is 2. The van der Waals surface area contributed by atoms with E-state index in [4.69, 9.17) is 11.6 Å². The van der Waals surface area contributed by atoms with Crippen molar-refractivity contribution >= 4 is 50.0 Å². The van der Waals surface area contributed by atoms with E-state index in [-0.39, 0.29) is 5.91 Å². The van der Waals surface area contributed by atoms with Crippen LogP contribution in [0.25, 0.3) is 21.1 Å². The topological polar surface area (TPSA) is 83.6 Å². The minimum Gasteiger partial charge on any atom is -0.344 e. The number of hydrogen-bond acceptors (Lipinski definition) is 5. The van der Waals surface area contributed by atoms with Gasteiger partial charge in [0.1, 0.15) is 5.52 Å². The van der Waals surface area contributed by atoms with E-state index in [2.05, 4.69) is 25.5 Å². The molecule has 23 heavy (non-hydrogen) atoms. The number of halogens is 1. The SMILES string of the molecule is O=C(NCc1[nH]nc2ccc(Cl)cc12)c1nc2cnccc2s1. The third-order valence-corrected chi connectivity index (χ3v) is 4.68. The van der Waals surface area contributed by atoms with Gasteiger partial charge >= 0.3 is 0 Å². The number of carbonyl (C=O) groups is 1. The van der Waals surface area contributed by atoms with Crippen molar-refractivity contribution in [2.75, 3.05) is 0 Å². The molecule has 0 saturated heterocycles. The predicted molar refractivity (Wildman–Crippen MR) is 89.7 cm³/mol. The zero-order valence-electron chi connectivity index (χ0n) is 11.7. The van der Waals surface area contributed by atoms with Crippen molar-refractivity contribution in [3.8, 4) is 0 Å². The summed E-state index contributed by atoms with van der Waals surface area (Å²) < 4.78 is 0.934. The maximum Gasteiger partial charge on any atom is 0.280 e. The molecule has 0 radical (unpaired) electrons. The van der Waals surface area contributed by atoms with Crippen LogP contribution in [0.2, 0.25) is 5.02 Å². The number of amides is 1. The van der Waals surface area contributed by atoms with E-state index in [1.807, 2.05) is 18.2 Å². The van der Waals surface area contributed by atoms with Crippen LogP contribution >= 0.6 is 22.9 Å². The van der Waals surface area contributed by atoms with Gasteiger partial charge in [-0.1, -0.05) is 11.6 Å². The van der Waals surface area contributed by atoms with E-state index in [0.717, 1.165) is 26.8 Å². The summed E-state index contributed by atoms with van der Waals surface area (Å²) in [6.07, 6.45) is 3.33. The van der Waals surface area contributed by atoms with Crippen molar-refractivity contribution in [1.82, 2.24) is 25.5 Å². The predicted octanol–water partition coefficient (Wildman–Crippen LogP) is 3.15. The number of fused-ring (bicyclic) bond motifs is 2. The Bertz CT molecular complexity index is 992. The summed E-state index contributed by atoms with van der Waals surface area (Å²) >= 11 is 7.35. The van der Waals surface area contributed by atoms with Crippen LogP contribution in [-0.4, -0.2) is 26.1 Å². The van der Waals surface area contributed by atoms with Gasteiger partial charge in [-0.15, -0.1) is 11.3 Å². The molecule has 1 aromatic carbocycles. The number of rotatable bonds is 3. The Morgan fingerprint density at radius 1 is 1.30 bits per heavy atom. The second kappa shape index (κ2) is 5.60. The summed E-state index contributed by atoms with van der Waals surface area (Å²) in [5.74, 6) is -0.226. The smallest absolute Gasteiger partial charge is 0.280 e. The van der Waals surface area contributed by atoms with Crippen LogP contribution in [0.1, 0.15) is 15.5 Å². The fraction of sp³-hybridized carbons (Fsp3) is 0.0667. The maximum absolute atomic E-state index is 12.3. The van der Waals surface area contributed by atoms with E-state index >= 15 is 0 Å². The fourth-order valence-electron chi connectivity index (χ4n) is 2.29. The van der Waals surface area contributed by atoms with Gasteiger partial charge in [0.05, 0.1) is 28.7 Å². The lowest BCUT2D eigenvalue weighted by atomic mass is 10.2. The van der Waals surface area contributed by atoms with E-state index in [1.165, 1.54) is 11.3 Å². The number of carbonyl (C=O) groups excluding carboxylic acids is 1. The van der Waals surface area contributed by atoms with E-state index in [9.17, 15) is 4.79 Å². The Morgan fingerprint density at radius 3 is 3.09 bits per heavy atom. The van der Waals surface area contributed by atoms with Gasteiger partial charge in [-0.25, -0.2) is 4.98 Å². The van der Waals surface area contributed by atoms with Crippen molar-refractivity contribution in [2.45, 2.75) is 6.54 Å². The van der Waals surface area contributed by atoms with Crippen LogP contribution in [0, 0.1) is 0 Å². The molecule has 0 aliphatic rings. The molecule has 0 bridgehead atoms. The van der Waals surface area contributed by atoms with E-state index < -0.39 is 0 Å². The maximum atomic E-state index is 12.3. The first-order valence-corrected chi connectivity index (χ1v) is 8.01. The first-order valence-electron chi connectivity index (χ1n) is 6.82. The summed E-state index contributed by atoms with van der Waals surface area (Å²) in [7, 11) is 0. The van der Waals surface area contributed by atoms with E-state index in [1.54, 1.807) is 18.5 Å². The molecule has 3 aromatic heterocycles. The summed E-state index contributed by atoms with van der Waals surface area (Å²) in [6.45, 7) is 0.323. The van der Waals surface area contributed by atoms with Crippen LogP contribution in [-0.2, 0) is 6.54 Å². The van der Waals surface area contributed by atoms with Crippen LogP contribution in [0.3, 0.4) is 0 Å². The highest BCUT2D eigenvalue weighted by molar-refractivity contribution is 7.20. The van der Waals surface area contributed by atoms with Crippen LogP contribution in [0.4, 0.5) is 0 Å². The number of aromatic nitrogens is 4. The zero-order valence-corrected chi connectivity index (χ0v) is 13.3. The van der Waals surface area contributed by atoms with Gasteiger partial charge < -0.3 is 5.32 Å². The molecule has 6 nitrogen and oxygen atoms in total. The van der Waals surface area contributed by atoms with Crippen molar-refractivity contribution < 1.29 is 4.79 Å². The average Bonchev–Trinajstić information content (AvgIpc) is 3.16. The van der Waals surface area contributed by atoms with Crippen LogP contribution < -0.4 is 5.32 Å². The summed E-state index contributed by atoms with van der Waals surface area (Å²) in [5, 5.41) is 11.9. The molecular formula is C15H10ClN5OS. The van der Waals surface area contributed by atoms with Crippen LogP contribution in [0.5, 0.6) is 0 Å². The van der Waals surface area contributed by atoms with Gasteiger partial charge in [0.2, 0.25) is 0 Å². The quantitative estimate of drug-likeness (QED) is 0.598. The lowest BCUT2D eigenvalue weighted by molar-refractivity contribution is 0.0950. The standard InChI is InChI=1S/C15H10ClN5OS/c16-8-1-2-10-9(5-8)11(21-20-10)7-18-14(22)15-19-12-6-17-4-3-13(12)23-15/h1-6H,7H2,(H,18,22)(H,20,21). The number of thiazole rings is 1. The normalized spacial score (nSPS) is 11.2. The average molecular weight is 344 g/mol. The van der Waals surface area contributed by atoms with Gasteiger partial charge in [-0.3, -0.25) is 14.9 Å². The molecular weight excluding hydrogens is 334 g/mol. The first-order chi connectivity index (χ1) is 11.2. The fourth-order valence-corrected chi connectivity index (χ4v) is 3.31. The minimum absolute atomic E-state index is 0.226. The third kappa shape index (κ3) is 2.64. The zero-order chi connectivity index (χ0) is 15.8. The molecule has 0 atom stereocenters. The highest BCUT2D eigenvalue weighted by Gasteiger charge is 2.13. The monoisotopic (exact) mass is 343 g/mol. The number of nitrogens with zero attached hydrogens (tertiary/aromatic N) is 3. The second-order valence-corrected chi connectivity index (χ2v) is 6.38. The molecule has 2 N–H and O–H groups in total. The molecule has 0 fully saturated rings. The lowest BCUT2D eigenvalue weighted by Crippen LogP contribution is -2.22. The first kappa shape index (κ1) is 14.1. The van der Waals surface area contributed by atoms with Crippen molar-refractivity contribution in [1.29, 1.82) is 0 Å². The lowest BCUT2D eigenvalue weighted by Gasteiger charge is -2.01. The molecule has 8 heteroatoms. The number of aromatic amines is 1. The minimum atomic E-state index is -0.226. The number of H-pyrrole nitrogens is 1. The van der Waals surface area contributed by atoms with Crippen molar-refractivity contribution in [2.24, 2.45) is 0 Å². The highest BCUT2D eigenvalue weighted by atomic mass is 35.5. The van der Waals surface area contributed by atoms with Gasteiger partial charge in [-0.2, -0.15) is 5.10 Å². The highest BCUT2D eigenvalue weighted by Crippen LogP contribution is 2.22. The Balaban J connectivity index is 1.55. The number of pyridine rings is 1. The molecule has 0 spiro atoms. The summed E-state index contributed by atoms with van der Waals surface area (Å²) in [6, 6.07) is 7.28. The molecule has 0 aliphatic heterocycles. The second-order valence-electron chi connectivity index (χ2n) is 4.91. The molecule has 1 amide bonds. The van der Waals surface area contributed by atoms with Gasteiger partial charge in [0.15, 0.2) is 5.01 Å². The van der Waals surface area contributed by atoms with Crippen molar-refractivity contribution in [3.63, 3.8) is 0 Å². The number of benzene rings is 1. The summed E-state index contributed by atoms with van der Waals surface area (Å²) in [4.78, 5) is 20.6. The Labute approximate surface area is 139 Å². The van der Waals surface area contributed by atoms with Crippen LogP contribution in [0.15, 0.2) is 36.7 Å². The number of nitrogens with one attached hydrogen (secondary N) is 2. The third-order valence-electron chi connectivity index (χ3n) is 3.40. The van der Waals surface area contributed by atoms with Gasteiger partial charge in [-0.05, 0) is 24.3 Å². The molecule has 0 aliphatic carbocycles. The Kier molecular flexibility index (Phi) is 3.44.